The summed E-state index contributed by atoms with van der Waals surface area (Å²) in [5.74, 6) is 3.32. The van der Waals surface area contributed by atoms with Gasteiger partial charge in [-0.3, -0.25) is 29.3 Å². The van der Waals surface area contributed by atoms with Crippen molar-refractivity contribution < 1.29 is 76.1 Å². The van der Waals surface area contributed by atoms with Crippen molar-refractivity contribution in [2.24, 2.45) is 58.2 Å². The summed E-state index contributed by atoms with van der Waals surface area (Å²) in [5, 5.41) is 8.70. The first-order chi connectivity index (χ1) is 42.7. The Balaban J connectivity index is 0.503. The fraction of sp³-hybridized carbons (Fsp3) is 0.909. The second-order valence-electron chi connectivity index (χ2n) is 27.2. The van der Waals surface area contributed by atoms with Crippen molar-refractivity contribution in [2.75, 3.05) is 152 Å². The van der Waals surface area contributed by atoms with Crippen LogP contribution in [-0.4, -0.2) is 221 Å². The highest BCUT2D eigenvalue weighted by Gasteiger charge is 2.61. The summed E-state index contributed by atoms with van der Waals surface area (Å²) < 4.78 is 57.2. The lowest BCUT2D eigenvalue weighted by molar-refractivity contribution is -0.152. The van der Waals surface area contributed by atoms with Gasteiger partial charge in [-0.2, -0.15) is 0 Å². The number of likely N-dealkylation sites (N-methyl/N-ethyl adjacent to an activating group) is 1. The molecule has 2 saturated heterocycles. The first-order valence-electron chi connectivity index (χ1n) is 34.1. The lowest BCUT2D eigenvalue weighted by atomic mass is 9.45. The molecule has 2 heterocycles. The molecule has 0 radical (unpaired) electrons. The Hall–Kier alpha value is -3.09. The first-order valence-corrected chi connectivity index (χ1v) is 34.5. The van der Waals surface area contributed by atoms with Crippen LogP contribution in [0.2, 0.25) is 0 Å². The molecule has 0 spiro atoms. The number of Topliss-reactive ketones (excluding diaryl/α,β-unsaturated/α-hetero) is 1. The van der Waals surface area contributed by atoms with E-state index in [1.54, 1.807) is 9.80 Å². The van der Waals surface area contributed by atoms with Crippen molar-refractivity contribution >= 4 is 47.0 Å². The van der Waals surface area contributed by atoms with Crippen molar-refractivity contribution in [1.82, 2.24) is 25.8 Å². The highest BCUT2D eigenvalue weighted by Crippen LogP contribution is 2.66. The summed E-state index contributed by atoms with van der Waals surface area (Å²) in [6.07, 6.45) is 19.8. The van der Waals surface area contributed by atoms with Gasteiger partial charge in [0, 0.05) is 69.9 Å². The van der Waals surface area contributed by atoms with Gasteiger partial charge in [0.25, 0.3) is 0 Å². The van der Waals surface area contributed by atoms with Crippen molar-refractivity contribution in [3.05, 3.63) is 0 Å². The number of hydrogen-bond acceptors (Lipinski definition) is 16. The highest BCUT2D eigenvalue weighted by atomic mass is 35.5. The standard InChI is InChI=1S/C66H110ClN5O16/c1-65-18-16-53(73)42-50(65)9-11-55-56-12-14-59(66(56,2)19-17-57(55)65)88-46-61(75)71(3)20-22-80-24-26-82-28-30-84-32-34-86-36-38-87-37-35-85-33-31-83-29-27-81-25-23-79-21-6-4-5-7-47-40-51(67)43-52(41-47)69-64(78)68-44-48-8-10-54-49(39-48)45-72(63(54)77)58-13-15-60(74)70-62(58)76/h47-52,54-59H,4-46H2,1-3H3,(H2,68,69,78)(H,70,74,76)/t47?,48?,49?,50-,51?,52?,54?,55-,56-,57-,58?,59-,65-,66-/m0/s1. The molecule has 0 aromatic rings. The molecule has 8 fully saturated rings. The number of ketones is 1. The monoisotopic (exact) mass is 1260 g/mol. The number of alkyl halides is 1. The van der Waals surface area contributed by atoms with Gasteiger partial charge in [0.2, 0.25) is 23.6 Å². The van der Waals surface area contributed by atoms with Crippen LogP contribution in [0.15, 0.2) is 0 Å². The molecule has 3 N–H and O–H groups in total. The van der Waals surface area contributed by atoms with E-state index in [1.807, 2.05) is 7.05 Å². The first kappa shape index (κ1) is 70.8. The number of nitrogens with one attached hydrogen (secondary N) is 3. The highest BCUT2D eigenvalue weighted by molar-refractivity contribution is 6.20. The van der Waals surface area contributed by atoms with Crippen LogP contribution in [-0.2, 0) is 71.3 Å². The minimum Gasteiger partial charge on any atom is -0.379 e. The number of piperidine rings is 1. The fourth-order valence-corrected chi connectivity index (χ4v) is 17.1. The predicted octanol–water partition coefficient (Wildman–Crippen LogP) is 6.91. The minimum atomic E-state index is -0.561. The summed E-state index contributed by atoms with van der Waals surface area (Å²) in [4.78, 5) is 78.9. The van der Waals surface area contributed by atoms with Crippen LogP contribution in [0.25, 0.3) is 0 Å². The average Bonchev–Trinajstić information content (AvgIpc) is 1.63. The van der Waals surface area contributed by atoms with Gasteiger partial charge in [-0.15, -0.1) is 11.6 Å². The summed E-state index contributed by atoms with van der Waals surface area (Å²) in [5.41, 5.74) is 0.432. The Morgan fingerprint density at radius 2 is 1.24 bits per heavy atom. The molecule has 6 saturated carbocycles. The molecule has 88 heavy (non-hydrogen) atoms. The molecule has 0 bridgehead atoms. The summed E-state index contributed by atoms with van der Waals surface area (Å²) in [7, 11) is 1.81. The van der Waals surface area contributed by atoms with E-state index in [0.717, 1.165) is 102 Å². The Morgan fingerprint density at radius 3 is 1.88 bits per heavy atom. The second-order valence-corrected chi connectivity index (χ2v) is 27.8. The minimum absolute atomic E-state index is 0.00651. The van der Waals surface area contributed by atoms with Crippen LogP contribution in [0.1, 0.15) is 149 Å². The zero-order chi connectivity index (χ0) is 62.1. The maximum absolute atomic E-state index is 13.2. The van der Waals surface area contributed by atoms with Crippen LogP contribution in [0.4, 0.5) is 4.79 Å². The Kier molecular flexibility index (Phi) is 29.7. The molecule has 6 aliphatic carbocycles. The number of nitrogens with zero attached hydrogens (tertiary/aromatic N) is 2. The molecule has 14 atom stereocenters. The van der Waals surface area contributed by atoms with Crippen LogP contribution in [0, 0.1) is 58.2 Å². The number of amides is 6. The van der Waals surface area contributed by atoms with E-state index >= 15 is 0 Å². The van der Waals surface area contributed by atoms with Gasteiger partial charge >= 0.3 is 6.03 Å². The van der Waals surface area contributed by atoms with Crippen molar-refractivity contribution in [3.63, 3.8) is 0 Å². The van der Waals surface area contributed by atoms with E-state index in [9.17, 15) is 28.8 Å². The number of fused-ring (bicyclic) bond motifs is 6. The molecule has 502 valence electrons. The van der Waals surface area contributed by atoms with Crippen LogP contribution < -0.4 is 16.0 Å². The number of unbranched alkanes of at least 4 members (excludes halogenated alkanes) is 2. The third-order valence-corrected chi connectivity index (χ3v) is 21.9. The maximum atomic E-state index is 13.2. The molecule has 6 amide bonds. The van der Waals surface area contributed by atoms with Gasteiger partial charge in [-0.1, -0.05) is 33.1 Å². The smallest absolute Gasteiger partial charge is 0.315 e. The van der Waals surface area contributed by atoms with Crippen LogP contribution in [0.3, 0.4) is 0 Å². The molecule has 8 rings (SSSR count). The summed E-state index contributed by atoms with van der Waals surface area (Å²) in [6, 6.07) is -0.682. The van der Waals surface area contributed by atoms with Gasteiger partial charge in [-0.25, -0.2) is 4.79 Å². The largest absolute Gasteiger partial charge is 0.379 e. The Bertz CT molecular complexity index is 2170. The van der Waals surface area contributed by atoms with E-state index in [0.29, 0.717) is 180 Å². The van der Waals surface area contributed by atoms with Gasteiger partial charge in [-0.05, 0) is 149 Å². The van der Waals surface area contributed by atoms with Crippen LogP contribution in [0.5, 0.6) is 0 Å². The average molecular weight is 1270 g/mol. The topological polar surface area (TPSA) is 237 Å². The van der Waals surface area contributed by atoms with E-state index in [2.05, 4.69) is 29.8 Å². The van der Waals surface area contributed by atoms with E-state index < -0.39 is 6.04 Å². The number of urea groups is 1. The zero-order valence-corrected chi connectivity index (χ0v) is 54.4. The molecular weight excluding hydrogens is 1150 g/mol. The number of ether oxygens (including phenoxy) is 10. The van der Waals surface area contributed by atoms with Crippen LogP contribution >= 0.6 is 11.6 Å². The lowest BCUT2D eigenvalue weighted by Gasteiger charge is -2.60. The maximum Gasteiger partial charge on any atom is 0.315 e. The van der Waals surface area contributed by atoms with Gasteiger partial charge < -0.3 is 67.8 Å². The quantitative estimate of drug-likeness (QED) is 0.0321. The molecule has 7 unspecified atom stereocenters. The number of carbonyl (C=O) groups excluding carboxylic acids is 6. The normalized spacial score (nSPS) is 32.1. The molecule has 2 aliphatic heterocycles. The summed E-state index contributed by atoms with van der Waals surface area (Å²) in [6.45, 7) is 15.5. The number of halogens is 1. The third-order valence-electron chi connectivity index (χ3n) is 21.5. The van der Waals surface area contributed by atoms with Gasteiger partial charge in [0.1, 0.15) is 18.4 Å². The zero-order valence-electron chi connectivity index (χ0n) is 53.6. The molecule has 8 aliphatic rings. The Morgan fingerprint density at radius 1 is 0.625 bits per heavy atom. The SMILES string of the molecule is CN(CCOCCOCCOCCOCCOCCOCCOCCOCCOCCCCCC1CC(Cl)CC(NC(=O)NCC2CCC3C(=O)N(C4CCC(=O)NC4=O)CC3C2)C1)C(=O)CO[C@H]1CC[C@H]2[C@@H]3CC[C@H]4CC(=O)CC[C@]4(C)[C@H]3CC[C@]12C. The van der Waals surface area contributed by atoms with Crippen molar-refractivity contribution in [1.29, 1.82) is 0 Å². The molecule has 22 heteroatoms. The molecular formula is C66H110ClN5O16. The number of carbonyl (C=O) groups is 6. The van der Waals surface area contributed by atoms with E-state index in [1.165, 1.54) is 25.7 Å². The molecule has 0 aromatic carbocycles. The third kappa shape index (κ3) is 21.2. The van der Waals surface area contributed by atoms with Gasteiger partial charge in [0.05, 0.1) is 118 Å². The second kappa shape index (κ2) is 37.0. The number of rotatable bonds is 40. The van der Waals surface area contributed by atoms with E-state index in [4.69, 9.17) is 59.0 Å². The fourth-order valence-electron chi connectivity index (χ4n) is 16.6. The Labute approximate surface area is 529 Å². The number of hydrogen-bond donors (Lipinski definition) is 3. The van der Waals surface area contributed by atoms with Crippen molar-refractivity contribution in [2.45, 2.75) is 172 Å². The molecule has 0 aromatic heterocycles. The predicted molar refractivity (Wildman–Crippen MR) is 329 cm³/mol. The molecule has 21 nitrogen and oxygen atoms in total. The van der Waals surface area contributed by atoms with E-state index in [-0.39, 0.29) is 83.4 Å². The lowest BCUT2D eigenvalue weighted by Crippen LogP contribution is -2.54. The summed E-state index contributed by atoms with van der Waals surface area (Å²) >= 11 is 6.68. The van der Waals surface area contributed by atoms with Crippen molar-refractivity contribution in [3.8, 4) is 0 Å². The van der Waals surface area contributed by atoms with Gasteiger partial charge in [0.15, 0.2) is 0 Å². The number of imide groups is 1. The number of likely N-dealkylation sites (tertiary alicyclic amines) is 1.